The fourth-order valence-corrected chi connectivity index (χ4v) is 4.43. The van der Waals surface area contributed by atoms with E-state index >= 15 is 0 Å². The van der Waals surface area contributed by atoms with Crippen molar-refractivity contribution >= 4 is 11.8 Å². The van der Waals surface area contributed by atoms with E-state index in [2.05, 4.69) is 49.1 Å². The Kier molecular flexibility index (Phi) is 3.07. The summed E-state index contributed by atoms with van der Waals surface area (Å²) in [6.45, 7) is 4.60. The van der Waals surface area contributed by atoms with Crippen LogP contribution in [0.4, 0.5) is 0 Å². The molecule has 1 aliphatic carbocycles. The number of aryl methyl sites for hydroxylation is 1. The highest BCUT2D eigenvalue weighted by Gasteiger charge is 2.38. The maximum Gasteiger partial charge on any atom is 0.119 e. The molecule has 1 aromatic rings. The van der Waals surface area contributed by atoms with Crippen LogP contribution in [0.15, 0.2) is 18.2 Å². The molecule has 0 aromatic heterocycles. The zero-order chi connectivity index (χ0) is 12.8. The number of fused-ring (bicyclic) bond motifs is 3. The number of methoxy groups -OCH3 is 1. The molecule has 0 spiro atoms. The van der Waals surface area contributed by atoms with Gasteiger partial charge >= 0.3 is 0 Å². The van der Waals surface area contributed by atoms with E-state index in [1.165, 1.54) is 29.7 Å². The van der Waals surface area contributed by atoms with Crippen molar-refractivity contribution in [1.82, 2.24) is 5.32 Å². The Hall–Kier alpha value is -0.670. The van der Waals surface area contributed by atoms with Gasteiger partial charge in [0.2, 0.25) is 0 Å². The van der Waals surface area contributed by atoms with Crippen LogP contribution in [0.2, 0.25) is 0 Å². The monoisotopic (exact) mass is 263 g/mol. The second-order valence-corrected chi connectivity index (χ2v) is 7.19. The maximum absolute atomic E-state index is 5.33. The molecule has 2 nitrogen and oxygen atoms in total. The molecule has 1 aliphatic heterocycles. The van der Waals surface area contributed by atoms with Crippen molar-refractivity contribution in [2.45, 2.75) is 43.5 Å². The highest BCUT2D eigenvalue weighted by atomic mass is 32.2. The standard InChI is InChI=1S/C15H21NOS/c1-15(2)9-18-13-7-4-10-8-11(17-3)5-6-12(10)14(13)16-15/h5-6,8,13-14,16H,4,7,9H2,1-3H3. The second-order valence-electron chi connectivity index (χ2n) is 5.96. The zero-order valence-corrected chi connectivity index (χ0v) is 12.1. The maximum atomic E-state index is 5.33. The molecule has 3 rings (SSSR count). The van der Waals surface area contributed by atoms with Gasteiger partial charge in [-0.15, -0.1) is 0 Å². The van der Waals surface area contributed by atoms with Crippen molar-refractivity contribution in [2.24, 2.45) is 0 Å². The Morgan fingerprint density at radius 1 is 1.39 bits per heavy atom. The fraction of sp³-hybridized carbons (Fsp3) is 0.600. The molecule has 1 aromatic carbocycles. The Bertz CT molecular complexity index is 458. The number of benzene rings is 1. The summed E-state index contributed by atoms with van der Waals surface area (Å²) >= 11 is 2.13. The van der Waals surface area contributed by atoms with E-state index in [4.69, 9.17) is 4.74 Å². The molecule has 1 saturated heterocycles. The lowest BCUT2D eigenvalue weighted by Crippen LogP contribution is -2.52. The SMILES string of the molecule is COc1ccc2c(c1)CCC1SCC(C)(C)NC21. The molecule has 98 valence electrons. The van der Waals surface area contributed by atoms with Crippen molar-refractivity contribution in [2.75, 3.05) is 12.9 Å². The van der Waals surface area contributed by atoms with Crippen molar-refractivity contribution in [3.05, 3.63) is 29.3 Å². The van der Waals surface area contributed by atoms with Crippen LogP contribution in [0.5, 0.6) is 5.75 Å². The number of hydrogen-bond acceptors (Lipinski definition) is 3. The summed E-state index contributed by atoms with van der Waals surface area (Å²) in [7, 11) is 1.74. The largest absolute Gasteiger partial charge is 0.497 e. The lowest BCUT2D eigenvalue weighted by Gasteiger charge is -2.45. The van der Waals surface area contributed by atoms with E-state index < -0.39 is 0 Å². The minimum Gasteiger partial charge on any atom is -0.497 e. The van der Waals surface area contributed by atoms with Crippen LogP contribution < -0.4 is 10.1 Å². The highest BCUT2D eigenvalue weighted by Crippen LogP contribution is 2.43. The van der Waals surface area contributed by atoms with Crippen LogP contribution in [0.25, 0.3) is 0 Å². The van der Waals surface area contributed by atoms with Crippen molar-refractivity contribution < 1.29 is 4.74 Å². The fourth-order valence-electron chi connectivity index (χ4n) is 3.02. The van der Waals surface area contributed by atoms with E-state index in [1.807, 2.05) is 0 Å². The summed E-state index contributed by atoms with van der Waals surface area (Å²) in [5.41, 5.74) is 3.18. The molecular weight excluding hydrogens is 242 g/mol. The number of rotatable bonds is 1. The topological polar surface area (TPSA) is 21.3 Å². The first-order chi connectivity index (χ1) is 8.59. The van der Waals surface area contributed by atoms with Gasteiger partial charge in [0, 0.05) is 22.6 Å². The third-order valence-electron chi connectivity index (χ3n) is 3.96. The quantitative estimate of drug-likeness (QED) is 0.841. The van der Waals surface area contributed by atoms with Crippen LogP contribution in [0, 0.1) is 0 Å². The predicted molar refractivity (Wildman–Crippen MR) is 77.5 cm³/mol. The first-order valence-electron chi connectivity index (χ1n) is 6.65. The molecule has 1 heterocycles. The normalized spacial score (nSPS) is 29.3. The van der Waals surface area contributed by atoms with Crippen LogP contribution in [-0.2, 0) is 6.42 Å². The average molecular weight is 263 g/mol. The molecule has 0 bridgehead atoms. The van der Waals surface area contributed by atoms with Crippen molar-refractivity contribution in [3.63, 3.8) is 0 Å². The minimum absolute atomic E-state index is 0.236. The lowest BCUT2D eigenvalue weighted by atomic mass is 9.85. The highest BCUT2D eigenvalue weighted by molar-refractivity contribution is 8.00. The smallest absolute Gasteiger partial charge is 0.119 e. The summed E-state index contributed by atoms with van der Waals surface area (Å²) in [5, 5.41) is 4.56. The number of ether oxygens (including phenoxy) is 1. The van der Waals surface area contributed by atoms with E-state index in [0.717, 1.165) is 11.0 Å². The van der Waals surface area contributed by atoms with E-state index in [9.17, 15) is 0 Å². The van der Waals surface area contributed by atoms with Gasteiger partial charge in [-0.1, -0.05) is 6.07 Å². The Morgan fingerprint density at radius 3 is 3.00 bits per heavy atom. The first kappa shape index (κ1) is 12.4. The van der Waals surface area contributed by atoms with Gasteiger partial charge in [-0.2, -0.15) is 11.8 Å². The van der Waals surface area contributed by atoms with Gasteiger partial charge in [0.25, 0.3) is 0 Å². The van der Waals surface area contributed by atoms with Crippen LogP contribution >= 0.6 is 11.8 Å². The molecule has 2 atom stereocenters. The summed E-state index contributed by atoms with van der Waals surface area (Å²) in [4.78, 5) is 0. The zero-order valence-electron chi connectivity index (χ0n) is 11.3. The minimum atomic E-state index is 0.236. The van der Waals surface area contributed by atoms with Gasteiger partial charge in [0.1, 0.15) is 5.75 Å². The van der Waals surface area contributed by atoms with Gasteiger partial charge < -0.3 is 10.1 Å². The Labute approximate surface area is 113 Å². The first-order valence-corrected chi connectivity index (χ1v) is 7.70. The molecule has 18 heavy (non-hydrogen) atoms. The van der Waals surface area contributed by atoms with E-state index in [1.54, 1.807) is 7.11 Å². The molecular formula is C15H21NOS. The molecule has 0 saturated carbocycles. The summed E-state index contributed by atoms with van der Waals surface area (Å²) in [6.07, 6.45) is 2.46. The lowest BCUT2D eigenvalue weighted by molar-refractivity contribution is 0.331. The van der Waals surface area contributed by atoms with Crippen LogP contribution in [0.3, 0.4) is 0 Å². The molecule has 1 fully saturated rings. The second kappa shape index (κ2) is 4.46. The number of hydrogen-bond donors (Lipinski definition) is 1. The third-order valence-corrected chi connectivity index (χ3v) is 5.78. The molecule has 0 radical (unpaired) electrons. The van der Waals surface area contributed by atoms with Gasteiger partial charge in [0.05, 0.1) is 7.11 Å². The molecule has 2 aliphatic rings. The predicted octanol–water partition coefficient (Wildman–Crippen LogP) is 3.17. The summed E-state index contributed by atoms with van der Waals surface area (Å²) in [6, 6.07) is 7.06. The van der Waals surface area contributed by atoms with Crippen LogP contribution in [0.1, 0.15) is 37.4 Å². The van der Waals surface area contributed by atoms with Gasteiger partial charge in [-0.3, -0.25) is 0 Å². The number of nitrogens with one attached hydrogen (secondary N) is 1. The summed E-state index contributed by atoms with van der Waals surface area (Å²) in [5.74, 6) is 2.19. The van der Waals surface area contributed by atoms with E-state index in [-0.39, 0.29) is 5.54 Å². The summed E-state index contributed by atoms with van der Waals surface area (Å²) < 4.78 is 5.33. The van der Waals surface area contributed by atoms with Gasteiger partial charge in [-0.25, -0.2) is 0 Å². The Morgan fingerprint density at radius 2 is 2.22 bits per heavy atom. The van der Waals surface area contributed by atoms with E-state index in [0.29, 0.717) is 6.04 Å². The molecule has 1 N–H and O–H groups in total. The Balaban J connectivity index is 1.95. The third kappa shape index (κ3) is 2.14. The van der Waals surface area contributed by atoms with Crippen molar-refractivity contribution in [3.8, 4) is 5.75 Å². The average Bonchev–Trinajstić information content (AvgIpc) is 2.37. The molecule has 0 amide bonds. The molecule has 2 unspecified atom stereocenters. The number of thioether (sulfide) groups is 1. The van der Waals surface area contributed by atoms with Gasteiger partial charge in [-0.05, 0) is 49.9 Å². The van der Waals surface area contributed by atoms with Gasteiger partial charge in [0.15, 0.2) is 0 Å². The molecule has 3 heteroatoms. The van der Waals surface area contributed by atoms with Crippen LogP contribution in [-0.4, -0.2) is 23.7 Å². The van der Waals surface area contributed by atoms with Crippen molar-refractivity contribution in [1.29, 1.82) is 0 Å².